The summed E-state index contributed by atoms with van der Waals surface area (Å²) in [7, 11) is 0. The van der Waals surface area contributed by atoms with E-state index in [-0.39, 0.29) is 0 Å². The fourth-order valence-electron chi connectivity index (χ4n) is 3.27. The molecule has 2 nitrogen and oxygen atoms in total. The van der Waals surface area contributed by atoms with Gasteiger partial charge in [0.05, 0.1) is 0 Å². The van der Waals surface area contributed by atoms with Crippen LogP contribution < -0.4 is 5.32 Å². The summed E-state index contributed by atoms with van der Waals surface area (Å²) in [6.45, 7) is 10.7. The van der Waals surface area contributed by atoms with Crippen LogP contribution in [-0.4, -0.2) is 36.6 Å². The summed E-state index contributed by atoms with van der Waals surface area (Å²) in [6.07, 6.45) is 12.5. The van der Waals surface area contributed by atoms with Crippen molar-refractivity contribution in [1.82, 2.24) is 10.2 Å². The molecule has 0 aliphatic carbocycles. The average Bonchev–Trinajstić information content (AvgIpc) is 2.41. The van der Waals surface area contributed by atoms with Crippen molar-refractivity contribution >= 4 is 0 Å². The van der Waals surface area contributed by atoms with Gasteiger partial charge in [-0.1, -0.05) is 46.0 Å². The van der Waals surface area contributed by atoms with Gasteiger partial charge in [0.1, 0.15) is 0 Å². The van der Waals surface area contributed by atoms with Crippen LogP contribution in [0.5, 0.6) is 0 Å². The summed E-state index contributed by atoms with van der Waals surface area (Å²) >= 11 is 0. The first-order valence-corrected chi connectivity index (χ1v) is 8.75. The van der Waals surface area contributed by atoms with Crippen LogP contribution in [0.3, 0.4) is 0 Å². The monoisotopic (exact) mass is 268 g/mol. The molecule has 19 heavy (non-hydrogen) atoms. The van der Waals surface area contributed by atoms with Crippen molar-refractivity contribution in [1.29, 1.82) is 0 Å². The molecule has 0 saturated carbocycles. The first-order chi connectivity index (χ1) is 9.27. The summed E-state index contributed by atoms with van der Waals surface area (Å²) in [4.78, 5) is 2.73. The zero-order chi connectivity index (χ0) is 13.9. The molecule has 1 saturated heterocycles. The van der Waals surface area contributed by atoms with E-state index in [1.165, 1.54) is 77.4 Å². The molecule has 0 aromatic carbocycles. The molecule has 0 aromatic rings. The summed E-state index contributed by atoms with van der Waals surface area (Å²) in [5.41, 5.74) is 0. The maximum Gasteiger partial charge on any atom is 0.0110 e. The fourth-order valence-corrected chi connectivity index (χ4v) is 3.27. The van der Waals surface area contributed by atoms with Crippen LogP contribution in [0.25, 0.3) is 0 Å². The second-order valence-corrected chi connectivity index (χ2v) is 6.33. The van der Waals surface area contributed by atoms with Crippen molar-refractivity contribution in [3.05, 3.63) is 0 Å². The number of hydrogen-bond acceptors (Lipinski definition) is 2. The van der Waals surface area contributed by atoms with E-state index in [1.54, 1.807) is 0 Å². The Balaban J connectivity index is 2.12. The van der Waals surface area contributed by atoms with Gasteiger partial charge in [-0.3, -0.25) is 4.90 Å². The Bertz CT molecular complexity index is 203. The lowest BCUT2D eigenvalue weighted by molar-refractivity contribution is 0.139. The number of nitrogens with one attached hydrogen (secondary N) is 1. The number of nitrogens with zero attached hydrogens (tertiary/aromatic N) is 1. The van der Waals surface area contributed by atoms with Crippen molar-refractivity contribution in [2.24, 2.45) is 0 Å². The molecule has 1 fully saturated rings. The van der Waals surface area contributed by atoms with E-state index < -0.39 is 0 Å². The van der Waals surface area contributed by atoms with Gasteiger partial charge >= 0.3 is 0 Å². The Labute approximate surface area is 121 Å². The van der Waals surface area contributed by atoms with Gasteiger partial charge in [-0.15, -0.1) is 0 Å². The molecule has 2 atom stereocenters. The summed E-state index contributed by atoms with van der Waals surface area (Å²) in [5.74, 6) is 0. The lowest BCUT2D eigenvalue weighted by Crippen LogP contribution is -2.44. The number of likely N-dealkylation sites (tertiary alicyclic amines) is 1. The third-order valence-electron chi connectivity index (χ3n) is 4.50. The topological polar surface area (TPSA) is 15.3 Å². The fraction of sp³-hybridized carbons (Fsp3) is 1.00. The van der Waals surface area contributed by atoms with E-state index in [9.17, 15) is 0 Å². The van der Waals surface area contributed by atoms with Crippen LogP contribution in [0.2, 0.25) is 0 Å². The molecule has 0 spiro atoms. The van der Waals surface area contributed by atoms with Crippen LogP contribution in [0.1, 0.15) is 78.6 Å². The molecule has 2 heteroatoms. The molecule has 1 N–H and O–H groups in total. The summed E-state index contributed by atoms with van der Waals surface area (Å²) < 4.78 is 0. The SMILES string of the molecule is CCCCCC(C)NCCN1CCCCC1CCC. The van der Waals surface area contributed by atoms with Crippen molar-refractivity contribution in [2.75, 3.05) is 19.6 Å². The normalized spacial score (nSPS) is 22.6. The quantitative estimate of drug-likeness (QED) is 0.597. The molecular formula is C17H36N2. The van der Waals surface area contributed by atoms with Gasteiger partial charge in [0.25, 0.3) is 0 Å². The molecule has 0 aromatic heterocycles. The largest absolute Gasteiger partial charge is 0.313 e. The van der Waals surface area contributed by atoms with E-state index in [1.807, 2.05) is 0 Å². The highest BCUT2D eigenvalue weighted by molar-refractivity contribution is 4.77. The number of hydrogen-bond donors (Lipinski definition) is 1. The average molecular weight is 268 g/mol. The maximum atomic E-state index is 3.71. The highest BCUT2D eigenvalue weighted by atomic mass is 15.2. The molecule has 0 radical (unpaired) electrons. The van der Waals surface area contributed by atoms with Gasteiger partial charge in [-0.25, -0.2) is 0 Å². The molecule has 0 amide bonds. The lowest BCUT2D eigenvalue weighted by Gasteiger charge is -2.36. The number of unbranched alkanes of at least 4 members (excludes halogenated alkanes) is 2. The van der Waals surface area contributed by atoms with E-state index in [0.717, 1.165) is 6.04 Å². The van der Waals surface area contributed by atoms with E-state index in [0.29, 0.717) is 6.04 Å². The van der Waals surface area contributed by atoms with Crippen molar-refractivity contribution in [3.63, 3.8) is 0 Å². The molecule has 2 unspecified atom stereocenters. The lowest BCUT2D eigenvalue weighted by atomic mass is 9.98. The number of rotatable bonds is 10. The molecular weight excluding hydrogens is 232 g/mol. The highest BCUT2D eigenvalue weighted by Gasteiger charge is 2.20. The smallest absolute Gasteiger partial charge is 0.0110 e. The zero-order valence-corrected chi connectivity index (χ0v) is 13.6. The van der Waals surface area contributed by atoms with E-state index in [2.05, 4.69) is 31.0 Å². The Morgan fingerprint density at radius 2 is 2.00 bits per heavy atom. The van der Waals surface area contributed by atoms with Crippen LogP contribution >= 0.6 is 0 Å². The van der Waals surface area contributed by atoms with Crippen LogP contribution in [0.4, 0.5) is 0 Å². The van der Waals surface area contributed by atoms with Gasteiger partial charge in [-0.2, -0.15) is 0 Å². The van der Waals surface area contributed by atoms with Crippen molar-refractivity contribution in [2.45, 2.75) is 90.6 Å². The third-order valence-corrected chi connectivity index (χ3v) is 4.50. The maximum absolute atomic E-state index is 3.71. The minimum Gasteiger partial charge on any atom is -0.313 e. The third kappa shape index (κ3) is 7.31. The first kappa shape index (κ1) is 17.0. The Hall–Kier alpha value is -0.0800. The predicted molar refractivity (Wildman–Crippen MR) is 85.7 cm³/mol. The van der Waals surface area contributed by atoms with Crippen molar-refractivity contribution in [3.8, 4) is 0 Å². The molecule has 1 aliphatic heterocycles. The molecule has 1 aliphatic rings. The Kier molecular flexibility index (Phi) is 9.54. The zero-order valence-electron chi connectivity index (χ0n) is 13.6. The first-order valence-electron chi connectivity index (χ1n) is 8.75. The minimum absolute atomic E-state index is 0.695. The molecule has 114 valence electrons. The second-order valence-electron chi connectivity index (χ2n) is 6.33. The van der Waals surface area contributed by atoms with Gasteiger partial charge in [0.2, 0.25) is 0 Å². The van der Waals surface area contributed by atoms with Gasteiger partial charge in [-0.05, 0) is 39.2 Å². The van der Waals surface area contributed by atoms with Crippen LogP contribution in [0, 0.1) is 0 Å². The molecule has 1 rings (SSSR count). The predicted octanol–water partition coefficient (Wildman–Crippen LogP) is 4.20. The second kappa shape index (κ2) is 10.7. The number of piperidine rings is 1. The minimum atomic E-state index is 0.695. The van der Waals surface area contributed by atoms with E-state index in [4.69, 9.17) is 0 Å². The van der Waals surface area contributed by atoms with Crippen molar-refractivity contribution < 1.29 is 0 Å². The van der Waals surface area contributed by atoms with Crippen LogP contribution in [0.15, 0.2) is 0 Å². The Morgan fingerprint density at radius 1 is 1.16 bits per heavy atom. The standard InChI is InChI=1S/C17H36N2/c1-4-6-7-11-16(3)18-13-15-19-14-9-8-12-17(19)10-5-2/h16-18H,4-15H2,1-3H3. The van der Waals surface area contributed by atoms with Gasteiger partial charge < -0.3 is 5.32 Å². The van der Waals surface area contributed by atoms with Gasteiger partial charge in [0.15, 0.2) is 0 Å². The van der Waals surface area contributed by atoms with Crippen LogP contribution in [-0.2, 0) is 0 Å². The Morgan fingerprint density at radius 3 is 2.74 bits per heavy atom. The van der Waals surface area contributed by atoms with E-state index >= 15 is 0 Å². The van der Waals surface area contributed by atoms with Gasteiger partial charge in [0, 0.05) is 25.2 Å². The summed E-state index contributed by atoms with van der Waals surface area (Å²) in [5, 5.41) is 3.71. The molecule has 0 bridgehead atoms. The highest BCUT2D eigenvalue weighted by Crippen LogP contribution is 2.20. The molecule has 1 heterocycles. The summed E-state index contributed by atoms with van der Waals surface area (Å²) in [6, 6.07) is 1.57.